The summed E-state index contributed by atoms with van der Waals surface area (Å²) >= 11 is 0. The first-order chi connectivity index (χ1) is 5.09. The van der Waals surface area contributed by atoms with Crippen molar-refractivity contribution in [2.24, 2.45) is 0 Å². The van der Waals surface area contributed by atoms with Gasteiger partial charge in [-0.3, -0.25) is 9.80 Å². The highest BCUT2D eigenvalue weighted by molar-refractivity contribution is 5.78. The minimum Gasteiger partial charge on any atom is -0.392 e. The SMILES string of the molecule is CC(O)CN1NC(C)CC1=O. The van der Waals surface area contributed by atoms with Crippen LogP contribution in [0.5, 0.6) is 0 Å². The molecule has 0 aromatic heterocycles. The molecule has 1 aliphatic rings. The van der Waals surface area contributed by atoms with E-state index >= 15 is 0 Å². The van der Waals surface area contributed by atoms with Crippen LogP contribution in [0.2, 0.25) is 0 Å². The van der Waals surface area contributed by atoms with Crippen molar-refractivity contribution in [3.05, 3.63) is 0 Å². The fraction of sp³-hybridized carbons (Fsp3) is 0.857. The second-order valence-electron chi connectivity index (χ2n) is 3.09. The number of β-amino-alcohol motifs (C(OH)–C–C–N with tert-alkyl or cyclic N) is 1. The summed E-state index contributed by atoms with van der Waals surface area (Å²) in [6.07, 6.45) is 0.0731. The molecular weight excluding hydrogens is 144 g/mol. The number of carbonyl (C=O) groups is 1. The number of hydrogen-bond acceptors (Lipinski definition) is 3. The Bertz CT molecular complexity index is 159. The Kier molecular flexibility index (Phi) is 2.46. The van der Waals surface area contributed by atoms with Crippen molar-refractivity contribution in [1.29, 1.82) is 0 Å². The van der Waals surface area contributed by atoms with E-state index in [4.69, 9.17) is 5.11 Å². The van der Waals surface area contributed by atoms with Crippen LogP contribution < -0.4 is 5.43 Å². The minimum atomic E-state index is -0.461. The van der Waals surface area contributed by atoms with Crippen LogP contribution in [0.25, 0.3) is 0 Å². The van der Waals surface area contributed by atoms with Gasteiger partial charge in [-0.25, -0.2) is 5.43 Å². The van der Waals surface area contributed by atoms with E-state index in [1.807, 2.05) is 6.92 Å². The van der Waals surface area contributed by atoms with Crippen LogP contribution in [0.1, 0.15) is 20.3 Å². The number of hydrazine groups is 1. The molecule has 0 saturated carbocycles. The van der Waals surface area contributed by atoms with E-state index in [2.05, 4.69) is 5.43 Å². The predicted molar refractivity (Wildman–Crippen MR) is 40.6 cm³/mol. The quantitative estimate of drug-likeness (QED) is 0.569. The maximum Gasteiger partial charge on any atom is 0.238 e. The van der Waals surface area contributed by atoms with Gasteiger partial charge in [0.25, 0.3) is 0 Å². The molecule has 0 radical (unpaired) electrons. The van der Waals surface area contributed by atoms with Gasteiger partial charge in [0.05, 0.1) is 12.6 Å². The molecular formula is C7H14N2O2. The van der Waals surface area contributed by atoms with Crippen molar-refractivity contribution in [2.75, 3.05) is 6.54 Å². The van der Waals surface area contributed by atoms with Gasteiger partial charge in [0.15, 0.2) is 0 Å². The zero-order valence-corrected chi connectivity index (χ0v) is 6.87. The molecule has 1 rings (SSSR count). The molecule has 2 N–H and O–H groups in total. The van der Waals surface area contributed by atoms with Crippen LogP contribution in [-0.4, -0.2) is 34.7 Å². The highest BCUT2D eigenvalue weighted by atomic mass is 16.3. The van der Waals surface area contributed by atoms with Crippen LogP contribution in [0.4, 0.5) is 0 Å². The number of hydrogen-bond donors (Lipinski definition) is 2. The third-order valence-corrected chi connectivity index (χ3v) is 1.60. The first kappa shape index (κ1) is 8.49. The molecule has 4 nitrogen and oxygen atoms in total. The smallest absolute Gasteiger partial charge is 0.238 e. The molecule has 1 amide bonds. The second kappa shape index (κ2) is 3.19. The fourth-order valence-electron chi connectivity index (χ4n) is 1.17. The number of aliphatic hydroxyl groups excluding tert-OH is 1. The summed E-state index contributed by atoms with van der Waals surface area (Å²) in [6, 6.07) is 0.209. The van der Waals surface area contributed by atoms with Crippen molar-refractivity contribution in [3.8, 4) is 0 Å². The number of carbonyl (C=O) groups excluding carboxylic acids is 1. The van der Waals surface area contributed by atoms with Gasteiger partial charge in [0, 0.05) is 12.5 Å². The van der Waals surface area contributed by atoms with Gasteiger partial charge in [-0.2, -0.15) is 0 Å². The molecule has 4 heteroatoms. The molecule has 1 aliphatic heterocycles. The number of nitrogens with one attached hydrogen (secondary N) is 1. The van der Waals surface area contributed by atoms with Gasteiger partial charge in [0.1, 0.15) is 0 Å². The van der Waals surface area contributed by atoms with Crippen LogP contribution in [0.3, 0.4) is 0 Å². The Balaban J connectivity index is 2.41. The molecule has 0 aromatic rings. The van der Waals surface area contributed by atoms with Crippen molar-refractivity contribution in [3.63, 3.8) is 0 Å². The summed E-state index contributed by atoms with van der Waals surface area (Å²) in [5.74, 6) is 0.0680. The van der Waals surface area contributed by atoms with Gasteiger partial charge in [0.2, 0.25) is 5.91 Å². The van der Waals surface area contributed by atoms with Crippen molar-refractivity contribution in [1.82, 2.24) is 10.4 Å². The molecule has 1 saturated heterocycles. The fourth-order valence-corrected chi connectivity index (χ4v) is 1.17. The topological polar surface area (TPSA) is 52.6 Å². The van der Waals surface area contributed by atoms with Crippen LogP contribution in [0.15, 0.2) is 0 Å². The molecule has 0 aromatic carbocycles. The van der Waals surface area contributed by atoms with Crippen LogP contribution in [-0.2, 0) is 4.79 Å². The average molecular weight is 158 g/mol. The third kappa shape index (κ3) is 2.17. The van der Waals surface area contributed by atoms with Gasteiger partial charge in [-0.1, -0.05) is 0 Å². The normalized spacial score (nSPS) is 27.7. The van der Waals surface area contributed by atoms with E-state index in [9.17, 15) is 4.79 Å². The number of amides is 1. The van der Waals surface area contributed by atoms with E-state index in [1.165, 1.54) is 5.01 Å². The zero-order chi connectivity index (χ0) is 8.43. The van der Waals surface area contributed by atoms with Crippen molar-refractivity contribution >= 4 is 5.91 Å². The third-order valence-electron chi connectivity index (χ3n) is 1.60. The van der Waals surface area contributed by atoms with E-state index in [1.54, 1.807) is 6.92 Å². The average Bonchev–Trinajstić information content (AvgIpc) is 2.09. The minimum absolute atomic E-state index is 0.0680. The monoisotopic (exact) mass is 158 g/mol. The van der Waals surface area contributed by atoms with Crippen molar-refractivity contribution in [2.45, 2.75) is 32.4 Å². The number of nitrogens with zero attached hydrogens (tertiary/aromatic N) is 1. The Morgan fingerprint density at radius 2 is 2.55 bits per heavy atom. The summed E-state index contributed by atoms with van der Waals surface area (Å²) < 4.78 is 0. The molecule has 1 fully saturated rings. The molecule has 0 bridgehead atoms. The van der Waals surface area contributed by atoms with Crippen LogP contribution in [0, 0.1) is 0 Å². The van der Waals surface area contributed by atoms with E-state index in [-0.39, 0.29) is 11.9 Å². The summed E-state index contributed by atoms with van der Waals surface area (Å²) in [4.78, 5) is 11.1. The van der Waals surface area contributed by atoms with Gasteiger partial charge >= 0.3 is 0 Å². The summed E-state index contributed by atoms with van der Waals surface area (Å²) in [5, 5.41) is 10.5. The molecule has 0 aliphatic carbocycles. The van der Waals surface area contributed by atoms with Gasteiger partial charge in [-0.05, 0) is 13.8 Å². The maximum absolute atomic E-state index is 11.1. The maximum atomic E-state index is 11.1. The Hall–Kier alpha value is -0.610. The van der Waals surface area contributed by atoms with E-state index in [0.717, 1.165) is 0 Å². The largest absolute Gasteiger partial charge is 0.392 e. The molecule has 0 spiro atoms. The van der Waals surface area contributed by atoms with Crippen molar-refractivity contribution < 1.29 is 9.90 Å². The van der Waals surface area contributed by atoms with Crippen LogP contribution >= 0.6 is 0 Å². The first-order valence-electron chi connectivity index (χ1n) is 3.84. The highest BCUT2D eigenvalue weighted by Crippen LogP contribution is 2.06. The Labute approximate surface area is 66.2 Å². The molecule has 11 heavy (non-hydrogen) atoms. The molecule has 64 valence electrons. The lowest BCUT2D eigenvalue weighted by molar-refractivity contribution is -0.130. The summed E-state index contributed by atoms with van der Waals surface area (Å²) in [5.41, 5.74) is 2.96. The summed E-state index contributed by atoms with van der Waals surface area (Å²) in [6.45, 7) is 3.99. The second-order valence-corrected chi connectivity index (χ2v) is 3.09. The highest BCUT2D eigenvalue weighted by Gasteiger charge is 2.26. The van der Waals surface area contributed by atoms with E-state index < -0.39 is 6.10 Å². The predicted octanol–water partition coefficient (Wildman–Crippen LogP) is -0.507. The lowest BCUT2D eigenvalue weighted by Gasteiger charge is -2.17. The lowest BCUT2D eigenvalue weighted by atomic mass is 10.3. The Morgan fingerprint density at radius 3 is 2.91 bits per heavy atom. The first-order valence-corrected chi connectivity index (χ1v) is 3.84. The number of rotatable bonds is 2. The molecule has 2 unspecified atom stereocenters. The van der Waals surface area contributed by atoms with Gasteiger partial charge in [-0.15, -0.1) is 0 Å². The Morgan fingerprint density at radius 1 is 1.91 bits per heavy atom. The molecule has 1 heterocycles. The molecule has 2 atom stereocenters. The summed E-state index contributed by atoms with van der Waals surface area (Å²) in [7, 11) is 0. The lowest BCUT2D eigenvalue weighted by Crippen LogP contribution is -2.41. The zero-order valence-electron chi connectivity index (χ0n) is 6.87. The van der Waals surface area contributed by atoms with Gasteiger partial charge < -0.3 is 5.11 Å². The standard InChI is InChI=1S/C7H14N2O2/c1-5-3-7(11)9(8-5)4-6(2)10/h5-6,8,10H,3-4H2,1-2H3. The van der Waals surface area contributed by atoms with E-state index in [0.29, 0.717) is 13.0 Å². The number of aliphatic hydroxyl groups is 1.